The van der Waals surface area contributed by atoms with Crippen molar-refractivity contribution in [1.29, 1.82) is 0 Å². The van der Waals surface area contributed by atoms with E-state index in [0.29, 0.717) is 30.5 Å². The average molecular weight is 543 g/mol. The van der Waals surface area contributed by atoms with E-state index in [-0.39, 0.29) is 12.1 Å². The number of rotatable bonds is 6. The van der Waals surface area contributed by atoms with Crippen LogP contribution in [0.3, 0.4) is 0 Å². The third-order valence-corrected chi connectivity index (χ3v) is 7.59. The first kappa shape index (κ1) is 26.0. The highest BCUT2D eigenvalue weighted by atomic mass is 16.5. The summed E-state index contributed by atoms with van der Waals surface area (Å²) in [5.41, 5.74) is 3.52. The highest BCUT2D eigenvalue weighted by Crippen LogP contribution is 2.32. The van der Waals surface area contributed by atoms with Crippen LogP contribution in [-0.2, 0) is 11.3 Å². The minimum atomic E-state index is -0.267. The van der Waals surface area contributed by atoms with Crippen LogP contribution < -0.4 is 15.5 Å². The number of hydrogen-bond donors (Lipinski definition) is 3. The van der Waals surface area contributed by atoms with Crippen LogP contribution in [0.15, 0.2) is 54.7 Å². The molecule has 2 aromatic heterocycles. The number of phenolic OH excluding ortho intramolecular Hbond substituents is 1. The molecule has 0 aliphatic carbocycles. The van der Waals surface area contributed by atoms with Crippen molar-refractivity contribution in [2.75, 3.05) is 56.7 Å². The predicted molar refractivity (Wildman–Crippen MR) is 154 cm³/mol. The standard InChI is InChI=1S/C29H34N8O3/c1-30-29(39)32-22-7-5-21(6-8-22)26-33-27(36-13-15-40-16-14-36)25-18-31-37(28(25)34-26)23-9-11-35(12-10-23)19-20-3-2-4-24(38)17-20/h2-8,17-18,23,38H,9-16,19H2,1H3,(H2,30,32,39). The summed E-state index contributed by atoms with van der Waals surface area (Å²) in [4.78, 5) is 26.4. The molecule has 0 spiro atoms. The summed E-state index contributed by atoms with van der Waals surface area (Å²) in [6.07, 6.45) is 3.82. The minimum Gasteiger partial charge on any atom is -0.508 e. The fourth-order valence-corrected chi connectivity index (χ4v) is 5.45. The van der Waals surface area contributed by atoms with Gasteiger partial charge < -0.3 is 25.4 Å². The molecule has 2 saturated heterocycles. The number of ether oxygens (including phenoxy) is 1. The number of morpholine rings is 1. The third kappa shape index (κ3) is 5.56. The third-order valence-electron chi connectivity index (χ3n) is 7.59. The van der Waals surface area contributed by atoms with Crippen LogP contribution in [0.25, 0.3) is 22.4 Å². The van der Waals surface area contributed by atoms with Crippen LogP contribution in [0.4, 0.5) is 16.3 Å². The second-order valence-electron chi connectivity index (χ2n) is 10.3. The SMILES string of the molecule is CNC(=O)Nc1ccc(-c2nc(N3CCOCC3)c3cnn(C4CCN(Cc5cccc(O)c5)CC4)c3n2)cc1. The van der Waals surface area contributed by atoms with Gasteiger partial charge in [-0.3, -0.25) is 4.90 Å². The lowest BCUT2D eigenvalue weighted by Gasteiger charge is -2.32. The Kier molecular flexibility index (Phi) is 7.47. The van der Waals surface area contributed by atoms with E-state index in [9.17, 15) is 9.90 Å². The summed E-state index contributed by atoms with van der Waals surface area (Å²) in [5, 5.41) is 21.0. The molecular formula is C29H34N8O3. The number of amides is 2. The molecule has 0 saturated carbocycles. The van der Waals surface area contributed by atoms with Crippen molar-refractivity contribution in [3.8, 4) is 17.1 Å². The summed E-state index contributed by atoms with van der Waals surface area (Å²) in [5.74, 6) is 1.81. The molecule has 0 radical (unpaired) electrons. The molecule has 0 bridgehead atoms. The van der Waals surface area contributed by atoms with Gasteiger partial charge in [-0.2, -0.15) is 5.10 Å². The van der Waals surface area contributed by atoms with Crippen molar-refractivity contribution in [2.24, 2.45) is 0 Å². The number of aromatic hydroxyl groups is 1. The molecule has 2 aliphatic rings. The maximum absolute atomic E-state index is 11.7. The zero-order valence-electron chi connectivity index (χ0n) is 22.6. The molecule has 0 unspecified atom stereocenters. The van der Waals surface area contributed by atoms with E-state index in [1.165, 1.54) is 0 Å². The molecule has 2 amide bonds. The minimum absolute atomic E-state index is 0.234. The number of nitrogens with zero attached hydrogens (tertiary/aromatic N) is 6. The summed E-state index contributed by atoms with van der Waals surface area (Å²) in [6.45, 7) is 5.54. The molecule has 208 valence electrons. The van der Waals surface area contributed by atoms with Gasteiger partial charge in [0.25, 0.3) is 0 Å². The van der Waals surface area contributed by atoms with Crippen LogP contribution >= 0.6 is 0 Å². The second-order valence-corrected chi connectivity index (χ2v) is 10.3. The average Bonchev–Trinajstić information content (AvgIpc) is 3.42. The van der Waals surface area contributed by atoms with Crippen LogP contribution in [0.5, 0.6) is 5.75 Å². The van der Waals surface area contributed by atoms with Gasteiger partial charge in [0.15, 0.2) is 11.5 Å². The van der Waals surface area contributed by atoms with E-state index in [4.69, 9.17) is 19.8 Å². The number of aromatic nitrogens is 4. The number of carbonyl (C=O) groups excluding carboxylic acids is 1. The van der Waals surface area contributed by atoms with Crippen LogP contribution in [-0.4, -0.2) is 82.2 Å². The molecule has 4 heterocycles. The van der Waals surface area contributed by atoms with Gasteiger partial charge in [-0.25, -0.2) is 19.4 Å². The van der Waals surface area contributed by atoms with E-state index < -0.39 is 0 Å². The maximum Gasteiger partial charge on any atom is 0.318 e. The molecule has 11 heteroatoms. The fourth-order valence-electron chi connectivity index (χ4n) is 5.45. The molecule has 2 aromatic carbocycles. The van der Waals surface area contributed by atoms with Gasteiger partial charge in [0.05, 0.1) is 30.8 Å². The summed E-state index contributed by atoms with van der Waals surface area (Å²) in [7, 11) is 1.59. The number of carbonyl (C=O) groups is 1. The molecule has 0 atom stereocenters. The van der Waals surface area contributed by atoms with Gasteiger partial charge in [-0.05, 0) is 54.8 Å². The van der Waals surface area contributed by atoms with E-state index in [2.05, 4.69) is 31.2 Å². The van der Waals surface area contributed by atoms with Crippen molar-refractivity contribution in [3.63, 3.8) is 0 Å². The van der Waals surface area contributed by atoms with Gasteiger partial charge >= 0.3 is 6.03 Å². The Bertz CT molecular complexity index is 1470. The second kappa shape index (κ2) is 11.5. The largest absolute Gasteiger partial charge is 0.508 e. The lowest BCUT2D eigenvalue weighted by molar-refractivity contribution is 0.122. The number of phenols is 1. The van der Waals surface area contributed by atoms with E-state index >= 15 is 0 Å². The number of hydrogen-bond acceptors (Lipinski definition) is 8. The molecular weight excluding hydrogens is 508 g/mol. The number of benzene rings is 2. The van der Waals surface area contributed by atoms with Gasteiger partial charge in [0, 0.05) is 51.0 Å². The van der Waals surface area contributed by atoms with Crippen molar-refractivity contribution in [3.05, 3.63) is 60.3 Å². The van der Waals surface area contributed by atoms with Gasteiger partial charge in [0.2, 0.25) is 0 Å². The maximum atomic E-state index is 11.7. The van der Waals surface area contributed by atoms with Crippen molar-refractivity contribution in [1.82, 2.24) is 30.0 Å². The number of fused-ring (bicyclic) bond motifs is 1. The number of urea groups is 1. The van der Waals surface area contributed by atoms with Gasteiger partial charge in [-0.15, -0.1) is 0 Å². The number of anilines is 2. The Morgan fingerprint density at radius 2 is 1.82 bits per heavy atom. The molecule has 40 heavy (non-hydrogen) atoms. The molecule has 6 rings (SSSR count). The van der Waals surface area contributed by atoms with Crippen LogP contribution in [0.1, 0.15) is 24.4 Å². The van der Waals surface area contributed by atoms with E-state index in [1.54, 1.807) is 13.1 Å². The fraction of sp³-hybridized carbons (Fsp3) is 0.379. The highest BCUT2D eigenvalue weighted by Gasteiger charge is 2.26. The van der Waals surface area contributed by atoms with E-state index in [0.717, 1.165) is 73.5 Å². The quantitative estimate of drug-likeness (QED) is 0.338. The van der Waals surface area contributed by atoms with Crippen molar-refractivity contribution in [2.45, 2.75) is 25.4 Å². The van der Waals surface area contributed by atoms with Crippen LogP contribution in [0.2, 0.25) is 0 Å². The Labute approximate surface area is 232 Å². The first-order chi connectivity index (χ1) is 19.6. The van der Waals surface area contributed by atoms with Crippen LogP contribution in [0, 0.1) is 0 Å². The Morgan fingerprint density at radius 3 is 2.55 bits per heavy atom. The lowest BCUT2D eigenvalue weighted by Crippen LogP contribution is -2.37. The normalized spacial score (nSPS) is 16.8. The highest BCUT2D eigenvalue weighted by molar-refractivity contribution is 5.90. The topological polar surface area (TPSA) is 121 Å². The smallest absolute Gasteiger partial charge is 0.318 e. The summed E-state index contributed by atoms with van der Waals surface area (Å²) in [6, 6.07) is 15.0. The molecule has 2 fully saturated rings. The van der Waals surface area contributed by atoms with Gasteiger partial charge in [0.1, 0.15) is 11.6 Å². The van der Waals surface area contributed by atoms with Crippen molar-refractivity contribution >= 4 is 28.6 Å². The Balaban J connectivity index is 1.28. The van der Waals surface area contributed by atoms with Gasteiger partial charge in [-0.1, -0.05) is 12.1 Å². The van der Waals surface area contributed by atoms with E-state index in [1.807, 2.05) is 42.6 Å². The summed E-state index contributed by atoms with van der Waals surface area (Å²) < 4.78 is 7.68. The molecule has 3 N–H and O–H groups in total. The summed E-state index contributed by atoms with van der Waals surface area (Å²) >= 11 is 0. The number of piperidine rings is 1. The number of likely N-dealkylation sites (tertiary alicyclic amines) is 1. The first-order valence-corrected chi connectivity index (χ1v) is 13.7. The zero-order valence-corrected chi connectivity index (χ0v) is 22.6. The Morgan fingerprint density at radius 1 is 1.05 bits per heavy atom. The molecule has 4 aromatic rings. The zero-order chi connectivity index (χ0) is 27.5. The number of nitrogens with one attached hydrogen (secondary N) is 2. The monoisotopic (exact) mass is 542 g/mol. The predicted octanol–water partition coefficient (Wildman–Crippen LogP) is 3.62. The Hall–Kier alpha value is -4.22. The van der Waals surface area contributed by atoms with Crippen molar-refractivity contribution < 1.29 is 14.6 Å². The molecule has 11 nitrogen and oxygen atoms in total. The lowest BCUT2D eigenvalue weighted by atomic mass is 10.0. The first-order valence-electron chi connectivity index (χ1n) is 13.7. The molecule has 2 aliphatic heterocycles.